The van der Waals surface area contributed by atoms with Crippen LogP contribution in [0.3, 0.4) is 0 Å². The lowest BCUT2D eigenvalue weighted by Gasteiger charge is -2.22. The molecule has 1 N–H and O–H groups in total. The van der Waals surface area contributed by atoms with Gasteiger partial charge in [-0.25, -0.2) is 4.79 Å². The summed E-state index contributed by atoms with van der Waals surface area (Å²) in [5.74, 6) is 0.0553. The molecule has 3 fully saturated rings. The van der Waals surface area contributed by atoms with Crippen LogP contribution >= 0.6 is 0 Å². The van der Waals surface area contributed by atoms with Gasteiger partial charge in [-0.2, -0.15) is 0 Å². The third-order valence-corrected chi connectivity index (χ3v) is 5.65. The number of rotatable bonds is 5. The van der Waals surface area contributed by atoms with Crippen molar-refractivity contribution < 1.29 is 32.2 Å². The van der Waals surface area contributed by atoms with Crippen molar-refractivity contribution >= 4 is 17.6 Å². The molecule has 3 amide bonds. The fourth-order valence-corrected chi connectivity index (χ4v) is 3.89. The summed E-state index contributed by atoms with van der Waals surface area (Å²) < 4.78 is 46.4. The number of hydrogen-bond acceptors (Lipinski definition) is 4. The molecule has 0 aromatic heterocycles. The Bertz CT molecular complexity index is 782. The van der Waals surface area contributed by atoms with Gasteiger partial charge in [0.2, 0.25) is 0 Å². The minimum atomic E-state index is -4.76. The molecule has 29 heavy (non-hydrogen) atoms. The maximum absolute atomic E-state index is 12.6. The van der Waals surface area contributed by atoms with Crippen LogP contribution in [0.4, 0.5) is 23.7 Å². The van der Waals surface area contributed by atoms with E-state index in [2.05, 4.69) is 10.1 Å². The highest BCUT2D eigenvalue weighted by Gasteiger charge is 2.53. The average Bonchev–Trinajstić information content (AvgIpc) is 3.33. The first-order chi connectivity index (χ1) is 13.7. The summed E-state index contributed by atoms with van der Waals surface area (Å²) in [7, 11) is 1.72. The first-order valence-corrected chi connectivity index (χ1v) is 9.51. The second-order valence-electron chi connectivity index (χ2n) is 7.78. The molecule has 2 saturated heterocycles. The van der Waals surface area contributed by atoms with Crippen molar-refractivity contribution in [3.63, 3.8) is 0 Å². The summed E-state index contributed by atoms with van der Waals surface area (Å²) in [5.41, 5.74) is 0.354. The van der Waals surface area contributed by atoms with E-state index in [0.717, 1.165) is 25.0 Å². The number of likely N-dealkylation sites (tertiary alicyclic amines) is 2. The van der Waals surface area contributed by atoms with Crippen molar-refractivity contribution in [2.45, 2.75) is 31.3 Å². The van der Waals surface area contributed by atoms with Crippen LogP contribution in [-0.2, 0) is 9.53 Å². The number of fused-ring (bicyclic) bond motifs is 1. The van der Waals surface area contributed by atoms with Crippen molar-refractivity contribution in [1.82, 2.24) is 9.80 Å². The van der Waals surface area contributed by atoms with E-state index in [1.807, 2.05) is 0 Å². The molecular weight excluding hydrogens is 391 g/mol. The van der Waals surface area contributed by atoms with Crippen molar-refractivity contribution in [2.24, 2.45) is 11.8 Å². The number of carbonyl (C=O) groups excluding carboxylic acids is 2. The number of carbonyl (C=O) groups is 2. The Labute approximate surface area is 165 Å². The van der Waals surface area contributed by atoms with Gasteiger partial charge in [0, 0.05) is 31.7 Å². The van der Waals surface area contributed by atoms with Gasteiger partial charge in [0.15, 0.2) is 0 Å². The number of nitrogens with zero attached hydrogens (tertiary/aromatic N) is 2. The fourth-order valence-electron chi connectivity index (χ4n) is 3.89. The second-order valence-corrected chi connectivity index (χ2v) is 7.78. The number of anilines is 1. The number of ether oxygens (including phenoxy) is 2. The minimum Gasteiger partial charge on any atom is -0.406 e. The Morgan fingerprint density at radius 3 is 2.52 bits per heavy atom. The highest BCUT2D eigenvalue weighted by Crippen LogP contribution is 2.36. The Morgan fingerprint density at radius 1 is 1.21 bits per heavy atom. The molecule has 10 heteroatoms. The van der Waals surface area contributed by atoms with E-state index in [1.165, 1.54) is 12.1 Å². The summed E-state index contributed by atoms with van der Waals surface area (Å²) >= 11 is 0. The minimum absolute atomic E-state index is 0.0408. The van der Waals surface area contributed by atoms with Crippen molar-refractivity contribution in [2.75, 3.05) is 32.1 Å². The average molecular weight is 413 g/mol. The van der Waals surface area contributed by atoms with Crippen molar-refractivity contribution in [3.05, 3.63) is 24.3 Å². The van der Waals surface area contributed by atoms with Gasteiger partial charge >= 0.3 is 12.4 Å². The highest BCUT2D eigenvalue weighted by molar-refractivity contribution is 5.90. The van der Waals surface area contributed by atoms with Crippen LogP contribution < -0.4 is 10.1 Å². The number of alkyl halides is 3. The summed E-state index contributed by atoms with van der Waals surface area (Å²) in [6, 6.07) is 4.48. The molecule has 0 spiro atoms. The Morgan fingerprint density at radius 2 is 1.90 bits per heavy atom. The standard InChI is InChI=1S/C19H22F3N3O4/c1-24-15-9-25(8-14(15)16(17(24)26)28-10-11-2-3-11)18(27)23-12-4-6-13(7-5-12)29-19(20,21)22/h4-7,11,14-16H,2-3,8-10H2,1H3,(H,23,27)/t14-,15+,16-/m0/s1. The molecule has 7 nitrogen and oxygen atoms in total. The van der Waals surface area contributed by atoms with E-state index >= 15 is 0 Å². The van der Waals surface area contributed by atoms with Gasteiger partial charge < -0.3 is 24.6 Å². The van der Waals surface area contributed by atoms with Gasteiger partial charge in [-0.1, -0.05) is 0 Å². The van der Waals surface area contributed by atoms with E-state index in [4.69, 9.17) is 4.74 Å². The zero-order valence-electron chi connectivity index (χ0n) is 15.8. The summed E-state index contributed by atoms with van der Waals surface area (Å²) in [4.78, 5) is 28.3. The molecule has 1 aromatic rings. The molecule has 2 aliphatic heterocycles. The molecule has 3 aliphatic rings. The molecule has 0 radical (unpaired) electrons. The fraction of sp³-hybridized carbons (Fsp3) is 0.579. The van der Waals surface area contributed by atoms with Crippen LogP contribution in [0.2, 0.25) is 0 Å². The lowest BCUT2D eigenvalue weighted by atomic mass is 10.0. The van der Waals surface area contributed by atoms with Gasteiger partial charge in [-0.3, -0.25) is 4.79 Å². The maximum atomic E-state index is 12.6. The second kappa shape index (κ2) is 7.40. The number of hydrogen-bond donors (Lipinski definition) is 1. The molecular formula is C19H22F3N3O4. The summed E-state index contributed by atoms with van der Waals surface area (Å²) in [6.07, 6.45) is -3.03. The van der Waals surface area contributed by atoms with E-state index in [1.54, 1.807) is 16.8 Å². The molecule has 1 aromatic carbocycles. The smallest absolute Gasteiger partial charge is 0.406 e. The first-order valence-electron chi connectivity index (χ1n) is 9.51. The number of urea groups is 1. The maximum Gasteiger partial charge on any atom is 0.573 e. The Kier molecular flexibility index (Phi) is 5.05. The van der Waals surface area contributed by atoms with Gasteiger partial charge in [-0.05, 0) is 43.0 Å². The van der Waals surface area contributed by atoms with Crippen LogP contribution in [0.1, 0.15) is 12.8 Å². The molecule has 1 saturated carbocycles. The third-order valence-electron chi connectivity index (χ3n) is 5.65. The quantitative estimate of drug-likeness (QED) is 0.806. The molecule has 0 bridgehead atoms. The van der Waals surface area contributed by atoms with Crippen LogP contribution in [-0.4, -0.2) is 67.0 Å². The lowest BCUT2D eigenvalue weighted by molar-refractivity contribution is -0.274. The number of halogens is 3. The SMILES string of the molecule is CN1C(=O)[C@@H](OCC2CC2)[C@H]2CN(C(=O)Nc3ccc(OC(F)(F)F)cc3)C[C@H]21. The zero-order chi connectivity index (χ0) is 20.8. The van der Waals surface area contributed by atoms with Gasteiger partial charge in [-0.15, -0.1) is 13.2 Å². The molecule has 3 atom stereocenters. The highest BCUT2D eigenvalue weighted by atomic mass is 19.4. The Hall–Kier alpha value is -2.49. The van der Waals surface area contributed by atoms with E-state index in [0.29, 0.717) is 31.3 Å². The van der Waals surface area contributed by atoms with Crippen LogP contribution in [0.25, 0.3) is 0 Å². The number of benzene rings is 1. The van der Waals surface area contributed by atoms with E-state index in [-0.39, 0.29) is 29.6 Å². The monoisotopic (exact) mass is 413 g/mol. The van der Waals surface area contributed by atoms with Crippen LogP contribution in [0, 0.1) is 11.8 Å². The summed E-state index contributed by atoms with van der Waals surface area (Å²) in [5, 5.41) is 2.67. The van der Waals surface area contributed by atoms with Gasteiger partial charge in [0.05, 0.1) is 12.6 Å². The lowest BCUT2D eigenvalue weighted by Crippen LogP contribution is -2.40. The largest absolute Gasteiger partial charge is 0.573 e. The molecule has 158 valence electrons. The molecule has 1 aliphatic carbocycles. The number of nitrogens with one attached hydrogen (secondary N) is 1. The zero-order valence-corrected chi connectivity index (χ0v) is 15.8. The normalized spacial score (nSPS) is 26.6. The topological polar surface area (TPSA) is 71.1 Å². The molecule has 2 heterocycles. The number of amides is 3. The summed E-state index contributed by atoms with van der Waals surface area (Å²) in [6.45, 7) is 1.35. The van der Waals surface area contributed by atoms with E-state index < -0.39 is 12.5 Å². The van der Waals surface area contributed by atoms with Crippen LogP contribution in [0.5, 0.6) is 5.75 Å². The number of likely N-dealkylation sites (N-methyl/N-ethyl adjacent to an activating group) is 1. The van der Waals surface area contributed by atoms with Crippen molar-refractivity contribution in [1.29, 1.82) is 0 Å². The van der Waals surface area contributed by atoms with Crippen molar-refractivity contribution in [3.8, 4) is 5.75 Å². The molecule has 4 rings (SSSR count). The first kappa shape index (κ1) is 19.8. The van der Waals surface area contributed by atoms with Gasteiger partial charge in [0.1, 0.15) is 11.9 Å². The predicted molar refractivity (Wildman–Crippen MR) is 96.2 cm³/mol. The van der Waals surface area contributed by atoms with Gasteiger partial charge in [0.25, 0.3) is 5.91 Å². The van der Waals surface area contributed by atoms with Crippen LogP contribution in [0.15, 0.2) is 24.3 Å². The molecule has 0 unspecified atom stereocenters. The Balaban J connectivity index is 1.35. The van der Waals surface area contributed by atoms with E-state index in [9.17, 15) is 22.8 Å². The third kappa shape index (κ3) is 4.42. The predicted octanol–water partition coefficient (Wildman–Crippen LogP) is 2.68.